The second kappa shape index (κ2) is 3.65. The number of halogens is 3. The molecule has 0 saturated heterocycles. The lowest BCUT2D eigenvalue weighted by molar-refractivity contribution is -0.157. The van der Waals surface area contributed by atoms with Crippen LogP contribution in [0.25, 0.3) is 0 Å². The molecule has 0 spiro atoms. The van der Waals surface area contributed by atoms with Crippen LogP contribution in [0.5, 0.6) is 0 Å². The van der Waals surface area contributed by atoms with Crippen LogP contribution in [0.15, 0.2) is 4.42 Å². The summed E-state index contributed by atoms with van der Waals surface area (Å²) in [7, 11) is 0. The van der Waals surface area contributed by atoms with Gasteiger partial charge in [-0.2, -0.15) is 13.2 Å². The van der Waals surface area contributed by atoms with Gasteiger partial charge >= 0.3 is 12.1 Å². The summed E-state index contributed by atoms with van der Waals surface area (Å²) in [5, 5.41) is 0. The molecule has 1 aromatic heterocycles. The first-order valence-electron chi connectivity index (χ1n) is 4.08. The zero-order valence-corrected chi connectivity index (χ0v) is 8.05. The van der Waals surface area contributed by atoms with E-state index in [4.69, 9.17) is 5.73 Å². The van der Waals surface area contributed by atoms with Crippen LogP contribution in [-0.4, -0.2) is 16.8 Å². The molecule has 0 fully saturated rings. The van der Waals surface area contributed by atoms with Gasteiger partial charge in [0.1, 0.15) is 0 Å². The summed E-state index contributed by atoms with van der Waals surface area (Å²) in [5.41, 5.74) is 5.13. The minimum Gasteiger partial charge on any atom is -0.429 e. The van der Waals surface area contributed by atoms with Crippen molar-refractivity contribution in [2.24, 2.45) is 5.73 Å². The van der Waals surface area contributed by atoms with Crippen molar-refractivity contribution >= 4 is 5.78 Å². The predicted molar refractivity (Wildman–Crippen MR) is 44.2 cm³/mol. The van der Waals surface area contributed by atoms with E-state index in [1.165, 1.54) is 13.8 Å². The van der Waals surface area contributed by atoms with Crippen LogP contribution in [0.2, 0.25) is 0 Å². The second-order valence-electron chi connectivity index (χ2n) is 3.08. The normalized spacial score (nSPS) is 14.0. The van der Waals surface area contributed by atoms with Crippen molar-refractivity contribution in [2.45, 2.75) is 26.1 Å². The fourth-order valence-corrected chi connectivity index (χ4v) is 0.953. The van der Waals surface area contributed by atoms with E-state index >= 15 is 0 Å². The SMILES string of the molecule is Cc1nc(C(F)(F)F)oc1C(=O)C(C)N. The molecule has 0 aliphatic heterocycles. The largest absolute Gasteiger partial charge is 0.468 e. The number of nitrogens with zero attached hydrogens (tertiary/aromatic N) is 1. The highest BCUT2D eigenvalue weighted by molar-refractivity contribution is 5.98. The highest BCUT2D eigenvalue weighted by Gasteiger charge is 2.39. The molecule has 0 radical (unpaired) electrons. The van der Waals surface area contributed by atoms with E-state index in [2.05, 4.69) is 9.40 Å². The molecule has 1 unspecified atom stereocenters. The number of oxazole rings is 1. The third-order valence-corrected chi connectivity index (χ3v) is 1.68. The van der Waals surface area contributed by atoms with Gasteiger partial charge < -0.3 is 10.2 Å². The maximum atomic E-state index is 12.1. The minimum absolute atomic E-state index is 0.107. The zero-order valence-electron chi connectivity index (χ0n) is 8.05. The molecule has 1 atom stereocenters. The number of rotatable bonds is 2. The number of hydrogen-bond acceptors (Lipinski definition) is 4. The van der Waals surface area contributed by atoms with Gasteiger partial charge in [0.25, 0.3) is 0 Å². The Hall–Kier alpha value is -1.37. The van der Waals surface area contributed by atoms with Gasteiger partial charge in [0.15, 0.2) is 5.76 Å². The number of carbonyl (C=O) groups is 1. The lowest BCUT2D eigenvalue weighted by atomic mass is 10.1. The van der Waals surface area contributed by atoms with Crippen molar-refractivity contribution < 1.29 is 22.4 Å². The Morgan fingerprint density at radius 1 is 1.53 bits per heavy atom. The lowest BCUT2D eigenvalue weighted by Gasteiger charge is -2.01. The Kier molecular flexibility index (Phi) is 2.85. The third kappa shape index (κ3) is 2.35. The summed E-state index contributed by atoms with van der Waals surface area (Å²) in [6.45, 7) is 2.62. The number of nitrogens with two attached hydrogens (primary N) is 1. The van der Waals surface area contributed by atoms with Gasteiger partial charge in [0.2, 0.25) is 5.78 Å². The summed E-state index contributed by atoms with van der Waals surface area (Å²) < 4.78 is 40.8. The van der Waals surface area contributed by atoms with E-state index in [9.17, 15) is 18.0 Å². The van der Waals surface area contributed by atoms with E-state index in [1.54, 1.807) is 0 Å². The molecule has 1 aromatic rings. The molecule has 84 valence electrons. The van der Waals surface area contributed by atoms with E-state index in [-0.39, 0.29) is 5.69 Å². The minimum atomic E-state index is -4.69. The quantitative estimate of drug-likeness (QED) is 0.770. The van der Waals surface area contributed by atoms with Crippen LogP contribution in [0.1, 0.15) is 29.1 Å². The molecule has 1 rings (SSSR count). The molecule has 15 heavy (non-hydrogen) atoms. The van der Waals surface area contributed by atoms with Crippen molar-refractivity contribution in [3.63, 3.8) is 0 Å². The average molecular weight is 222 g/mol. The molecule has 0 saturated carbocycles. The Balaban J connectivity index is 3.13. The molecule has 1 heterocycles. The van der Waals surface area contributed by atoms with Crippen LogP contribution < -0.4 is 5.73 Å². The van der Waals surface area contributed by atoms with E-state index < -0.39 is 29.7 Å². The Morgan fingerprint density at radius 2 is 2.07 bits per heavy atom. The number of aromatic nitrogens is 1. The molecule has 0 aliphatic carbocycles. The maximum Gasteiger partial charge on any atom is 0.468 e. The number of Topliss-reactive ketones (excluding diaryl/α,β-unsaturated/α-hetero) is 1. The molecular formula is C8H9F3N2O2. The molecule has 0 aromatic carbocycles. The summed E-state index contributed by atoms with van der Waals surface area (Å²) in [6, 6.07) is -0.919. The zero-order chi connectivity index (χ0) is 11.8. The van der Waals surface area contributed by atoms with Crippen LogP contribution in [0.4, 0.5) is 13.2 Å². The fourth-order valence-electron chi connectivity index (χ4n) is 0.953. The van der Waals surface area contributed by atoms with Crippen LogP contribution in [0, 0.1) is 6.92 Å². The van der Waals surface area contributed by atoms with Gasteiger partial charge in [0.05, 0.1) is 11.7 Å². The number of ketones is 1. The van der Waals surface area contributed by atoms with Gasteiger partial charge in [0, 0.05) is 0 Å². The number of alkyl halides is 3. The first-order chi connectivity index (χ1) is 6.73. The molecule has 4 nitrogen and oxygen atoms in total. The highest BCUT2D eigenvalue weighted by Crippen LogP contribution is 2.30. The van der Waals surface area contributed by atoms with Crippen LogP contribution in [0.3, 0.4) is 0 Å². The van der Waals surface area contributed by atoms with Crippen molar-refractivity contribution in [1.29, 1.82) is 0 Å². The summed E-state index contributed by atoms with van der Waals surface area (Å²) >= 11 is 0. The average Bonchev–Trinajstić information content (AvgIpc) is 2.45. The second-order valence-corrected chi connectivity index (χ2v) is 3.08. The van der Waals surface area contributed by atoms with Gasteiger partial charge in [-0.05, 0) is 13.8 Å². The molecule has 0 amide bonds. The third-order valence-electron chi connectivity index (χ3n) is 1.68. The van der Waals surface area contributed by atoms with E-state index in [0.717, 1.165) is 0 Å². The Morgan fingerprint density at radius 3 is 2.40 bits per heavy atom. The number of aryl methyl sites for hydroxylation is 1. The monoisotopic (exact) mass is 222 g/mol. The molecule has 0 bridgehead atoms. The first kappa shape index (κ1) is 11.7. The van der Waals surface area contributed by atoms with Gasteiger partial charge in [-0.25, -0.2) is 4.98 Å². The predicted octanol–water partition coefficient (Wildman–Crippen LogP) is 1.53. The summed E-state index contributed by atoms with van der Waals surface area (Å²) in [5.74, 6) is -2.56. The van der Waals surface area contributed by atoms with E-state index in [0.29, 0.717) is 0 Å². The summed E-state index contributed by atoms with van der Waals surface area (Å²) in [4.78, 5) is 14.4. The van der Waals surface area contributed by atoms with Crippen molar-refractivity contribution in [3.8, 4) is 0 Å². The molecule has 0 aliphatic rings. The number of carbonyl (C=O) groups excluding carboxylic acids is 1. The van der Waals surface area contributed by atoms with Crippen molar-refractivity contribution in [3.05, 3.63) is 17.3 Å². The topological polar surface area (TPSA) is 69.1 Å². The fraction of sp³-hybridized carbons (Fsp3) is 0.500. The van der Waals surface area contributed by atoms with E-state index in [1.807, 2.05) is 0 Å². The molecule has 2 N–H and O–H groups in total. The van der Waals surface area contributed by atoms with Gasteiger partial charge in [-0.15, -0.1) is 0 Å². The highest BCUT2D eigenvalue weighted by atomic mass is 19.4. The Labute approximate surface area is 83.3 Å². The summed E-state index contributed by atoms with van der Waals surface area (Å²) in [6.07, 6.45) is -4.69. The molecular weight excluding hydrogens is 213 g/mol. The van der Waals surface area contributed by atoms with Gasteiger partial charge in [-0.1, -0.05) is 0 Å². The smallest absolute Gasteiger partial charge is 0.429 e. The van der Waals surface area contributed by atoms with Crippen LogP contribution in [-0.2, 0) is 6.18 Å². The standard InChI is InChI=1S/C8H9F3N2O2/c1-3(12)5(14)6-4(2)13-7(15-6)8(9,10)11/h3H,12H2,1-2H3. The molecule has 7 heteroatoms. The Bertz CT molecular complexity index is 382. The number of hydrogen-bond donors (Lipinski definition) is 1. The van der Waals surface area contributed by atoms with Crippen molar-refractivity contribution in [1.82, 2.24) is 4.98 Å². The maximum absolute atomic E-state index is 12.1. The lowest BCUT2D eigenvalue weighted by Crippen LogP contribution is -2.26. The van der Waals surface area contributed by atoms with Crippen molar-refractivity contribution in [2.75, 3.05) is 0 Å². The van der Waals surface area contributed by atoms with Gasteiger partial charge in [-0.3, -0.25) is 4.79 Å². The van der Waals surface area contributed by atoms with Crippen LogP contribution >= 0.6 is 0 Å². The first-order valence-corrected chi connectivity index (χ1v) is 4.08.